The highest BCUT2D eigenvalue weighted by Gasteiger charge is 2.28. The van der Waals surface area contributed by atoms with E-state index in [-0.39, 0.29) is 12.1 Å². The van der Waals surface area contributed by atoms with Crippen molar-refractivity contribution in [2.75, 3.05) is 6.54 Å². The van der Waals surface area contributed by atoms with Crippen molar-refractivity contribution in [3.8, 4) is 0 Å². The summed E-state index contributed by atoms with van der Waals surface area (Å²) in [5.74, 6) is -2.60. The van der Waals surface area contributed by atoms with E-state index in [0.29, 0.717) is 0 Å². The Balaban J connectivity index is 3.40. The normalized spacial score (nSPS) is 11.8. The van der Waals surface area contributed by atoms with E-state index >= 15 is 0 Å². The average molecular weight is 255 g/mol. The molecule has 0 amide bonds. The zero-order chi connectivity index (χ0) is 13.9. The fourth-order valence-corrected chi connectivity index (χ4v) is 1.46. The molecule has 1 aromatic carbocycles. The Morgan fingerprint density at radius 3 is 2.33 bits per heavy atom. The Morgan fingerprint density at radius 1 is 1.33 bits per heavy atom. The molecule has 0 spiro atoms. The maximum atomic E-state index is 10.9. The molecule has 0 aliphatic rings. The van der Waals surface area contributed by atoms with E-state index in [0.717, 1.165) is 18.2 Å². The van der Waals surface area contributed by atoms with Gasteiger partial charge in [0, 0.05) is 18.2 Å². The van der Waals surface area contributed by atoms with Gasteiger partial charge in [-0.25, -0.2) is 0 Å². The Kier molecular flexibility index (Phi) is 3.89. The van der Waals surface area contributed by atoms with Gasteiger partial charge < -0.3 is 10.8 Å². The van der Waals surface area contributed by atoms with Gasteiger partial charge in [0.05, 0.1) is 15.9 Å². The fourth-order valence-electron chi connectivity index (χ4n) is 1.46. The minimum absolute atomic E-state index is 0.152. The molecule has 3 N–H and O–H groups in total. The number of rotatable bonds is 5. The molecule has 18 heavy (non-hydrogen) atoms. The van der Waals surface area contributed by atoms with Gasteiger partial charge in [-0.15, -0.1) is 0 Å². The first-order valence-electron chi connectivity index (χ1n) is 4.74. The summed E-state index contributed by atoms with van der Waals surface area (Å²) in [6, 6.07) is 2.77. The molecule has 0 saturated carbocycles. The van der Waals surface area contributed by atoms with Crippen molar-refractivity contribution in [2.24, 2.45) is 5.73 Å². The van der Waals surface area contributed by atoms with Crippen molar-refractivity contribution in [2.45, 2.75) is 5.92 Å². The van der Waals surface area contributed by atoms with E-state index < -0.39 is 33.1 Å². The molecule has 0 fully saturated rings. The van der Waals surface area contributed by atoms with Gasteiger partial charge in [-0.05, 0) is 6.07 Å². The predicted molar refractivity (Wildman–Crippen MR) is 59.2 cm³/mol. The summed E-state index contributed by atoms with van der Waals surface area (Å²) in [5.41, 5.74) is 3.98. The van der Waals surface area contributed by atoms with Crippen LogP contribution in [-0.2, 0) is 4.79 Å². The third kappa shape index (κ3) is 2.58. The average Bonchev–Trinajstić information content (AvgIpc) is 2.29. The zero-order valence-electron chi connectivity index (χ0n) is 8.98. The topological polar surface area (TPSA) is 150 Å². The molecule has 0 bridgehead atoms. The molecular formula is C9H9N3O6. The number of carboxylic acids is 1. The molecule has 1 rings (SSSR count). The van der Waals surface area contributed by atoms with Crippen LogP contribution in [0, 0.1) is 20.2 Å². The van der Waals surface area contributed by atoms with E-state index in [4.69, 9.17) is 10.8 Å². The maximum Gasteiger partial charge on any atom is 0.312 e. The molecule has 9 heteroatoms. The highest BCUT2D eigenvalue weighted by Crippen LogP contribution is 2.30. The smallest absolute Gasteiger partial charge is 0.312 e. The van der Waals surface area contributed by atoms with Crippen LogP contribution < -0.4 is 5.73 Å². The number of nitro benzene ring substituents is 2. The number of hydrogen-bond donors (Lipinski definition) is 2. The number of hydrogen-bond acceptors (Lipinski definition) is 6. The Bertz CT molecular complexity index is 515. The third-order valence-corrected chi connectivity index (χ3v) is 2.33. The van der Waals surface area contributed by atoms with Gasteiger partial charge in [0.1, 0.15) is 5.92 Å². The molecule has 0 heterocycles. The van der Waals surface area contributed by atoms with Gasteiger partial charge >= 0.3 is 5.97 Å². The first-order valence-corrected chi connectivity index (χ1v) is 4.74. The van der Waals surface area contributed by atoms with E-state index in [1.807, 2.05) is 0 Å². The molecule has 96 valence electrons. The second kappa shape index (κ2) is 5.19. The van der Waals surface area contributed by atoms with Crippen LogP contribution in [0.1, 0.15) is 11.5 Å². The minimum atomic E-state index is -1.32. The van der Waals surface area contributed by atoms with Crippen LogP contribution in [0.2, 0.25) is 0 Å². The lowest BCUT2D eigenvalue weighted by Crippen LogP contribution is -2.22. The standard InChI is InChI=1S/C9H9N3O6/c10-4-7(9(13)14)6-2-1-5(11(15)16)3-8(6)12(17)18/h1-3,7H,4,10H2,(H,13,14). The van der Waals surface area contributed by atoms with Crippen molar-refractivity contribution >= 4 is 17.3 Å². The Hall–Kier alpha value is -2.55. The van der Waals surface area contributed by atoms with E-state index in [1.54, 1.807) is 0 Å². The van der Waals surface area contributed by atoms with Crippen molar-refractivity contribution in [3.63, 3.8) is 0 Å². The van der Waals surface area contributed by atoms with Crippen molar-refractivity contribution in [3.05, 3.63) is 44.0 Å². The summed E-state index contributed by atoms with van der Waals surface area (Å²) < 4.78 is 0. The number of nitro groups is 2. The molecular weight excluding hydrogens is 246 g/mol. The molecule has 0 saturated heterocycles. The molecule has 9 nitrogen and oxygen atoms in total. The second-order valence-electron chi connectivity index (χ2n) is 3.38. The summed E-state index contributed by atoms with van der Waals surface area (Å²) in [4.78, 5) is 30.5. The van der Waals surface area contributed by atoms with E-state index in [2.05, 4.69) is 0 Å². The fraction of sp³-hybridized carbons (Fsp3) is 0.222. The second-order valence-corrected chi connectivity index (χ2v) is 3.38. The monoisotopic (exact) mass is 255 g/mol. The minimum Gasteiger partial charge on any atom is -0.481 e. The lowest BCUT2D eigenvalue weighted by molar-refractivity contribution is -0.394. The lowest BCUT2D eigenvalue weighted by Gasteiger charge is -2.09. The van der Waals surface area contributed by atoms with E-state index in [9.17, 15) is 25.0 Å². The molecule has 0 aliphatic heterocycles. The Labute approximate surface area is 100 Å². The molecule has 1 aromatic rings. The maximum absolute atomic E-state index is 10.9. The largest absolute Gasteiger partial charge is 0.481 e. The number of carboxylic acid groups (broad SMARTS) is 1. The van der Waals surface area contributed by atoms with Gasteiger partial charge in [0.15, 0.2) is 0 Å². The van der Waals surface area contributed by atoms with Crippen LogP contribution in [0.5, 0.6) is 0 Å². The SMILES string of the molecule is NCC(C(=O)O)c1ccc([N+](=O)[O-])cc1[N+](=O)[O-]. The first-order chi connectivity index (χ1) is 8.38. The zero-order valence-corrected chi connectivity index (χ0v) is 8.98. The molecule has 1 atom stereocenters. The summed E-state index contributed by atoms with van der Waals surface area (Å²) in [6.45, 7) is -0.339. The number of non-ortho nitro benzene ring substituents is 1. The van der Waals surface area contributed by atoms with Gasteiger partial charge in [0.2, 0.25) is 0 Å². The highest BCUT2D eigenvalue weighted by molar-refractivity contribution is 5.78. The summed E-state index contributed by atoms with van der Waals surface area (Å²) >= 11 is 0. The highest BCUT2D eigenvalue weighted by atomic mass is 16.6. The van der Waals surface area contributed by atoms with Crippen molar-refractivity contribution in [1.29, 1.82) is 0 Å². The number of carbonyl (C=O) groups is 1. The number of nitrogens with two attached hydrogens (primary N) is 1. The molecule has 0 aliphatic carbocycles. The molecule has 1 unspecified atom stereocenters. The molecule has 0 aromatic heterocycles. The van der Waals surface area contributed by atoms with E-state index in [1.165, 1.54) is 0 Å². The summed E-state index contributed by atoms with van der Waals surface area (Å²) in [5, 5.41) is 30.2. The Morgan fingerprint density at radius 2 is 1.94 bits per heavy atom. The number of nitrogens with zero attached hydrogens (tertiary/aromatic N) is 2. The number of aliphatic carboxylic acids is 1. The number of benzene rings is 1. The van der Waals surface area contributed by atoms with Crippen molar-refractivity contribution in [1.82, 2.24) is 0 Å². The van der Waals surface area contributed by atoms with Crippen molar-refractivity contribution < 1.29 is 19.7 Å². The van der Waals surface area contributed by atoms with Crippen LogP contribution >= 0.6 is 0 Å². The van der Waals surface area contributed by atoms with Crippen LogP contribution in [0.25, 0.3) is 0 Å². The quantitative estimate of drug-likeness (QED) is 0.578. The van der Waals surface area contributed by atoms with Gasteiger partial charge in [-0.3, -0.25) is 25.0 Å². The third-order valence-electron chi connectivity index (χ3n) is 2.33. The lowest BCUT2D eigenvalue weighted by atomic mass is 9.97. The van der Waals surface area contributed by atoms with Gasteiger partial charge in [-0.2, -0.15) is 0 Å². The molecule has 0 radical (unpaired) electrons. The predicted octanol–water partition coefficient (Wildman–Crippen LogP) is 0.630. The van der Waals surface area contributed by atoms with Crippen LogP contribution in [0.3, 0.4) is 0 Å². The van der Waals surface area contributed by atoms with Crippen LogP contribution in [-0.4, -0.2) is 27.5 Å². The summed E-state index contributed by atoms with van der Waals surface area (Å²) in [7, 11) is 0. The first kappa shape index (κ1) is 13.5. The van der Waals surface area contributed by atoms with Crippen LogP contribution in [0.15, 0.2) is 18.2 Å². The van der Waals surface area contributed by atoms with Gasteiger partial charge in [-0.1, -0.05) is 0 Å². The summed E-state index contributed by atoms with van der Waals surface area (Å²) in [6.07, 6.45) is 0. The van der Waals surface area contributed by atoms with Crippen LogP contribution in [0.4, 0.5) is 11.4 Å². The van der Waals surface area contributed by atoms with Gasteiger partial charge in [0.25, 0.3) is 11.4 Å².